The van der Waals surface area contributed by atoms with Crippen LogP contribution in [0.1, 0.15) is 56.0 Å². The van der Waals surface area contributed by atoms with Gasteiger partial charge in [0.05, 0.1) is 18.0 Å². The Morgan fingerprint density at radius 2 is 1.81 bits per heavy atom. The van der Waals surface area contributed by atoms with E-state index in [1.165, 1.54) is 17.7 Å². The van der Waals surface area contributed by atoms with E-state index in [2.05, 4.69) is 49.2 Å². The Morgan fingerprint density at radius 1 is 1.19 bits per heavy atom. The summed E-state index contributed by atoms with van der Waals surface area (Å²) in [7, 11) is -3.65. The summed E-state index contributed by atoms with van der Waals surface area (Å²) in [6, 6.07) is 9.88. The van der Waals surface area contributed by atoms with Crippen LogP contribution in [0, 0.1) is 17.7 Å². The highest BCUT2D eigenvalue weighted by atomic mass is 32.2. The van der Waals surface area contributed by atoms with Gasteiger partial charge in [-0.25, -0.2) is 12.8 Å². The maximum Gasteiger partial charge on any atom is 0.296 e. The second kappa shape index (κ2) is 9.36. The van der Waals surface area contributed by atoms with Gasteiger partial charge in [-0.3, -0.25) is 9.52 Å². The van der Waals surface area contributed by atoms with Crippen LogP contribution >= 0.6 is 0 Å². The van der Waals surface area contributed by atoms with Crippen LogP contribution in [-0.4, -0.2) is 20.6 Å². The summed E-state index contributed by atoms with van der Waals surface area (Å²) < 4.78 is 39.6. The third-order valence-corrected chi connectivity index (χ3v) is 5.14. The fourth-order valence-corrected chi connectivity index (χ4v) is 3.44. The predicted molar refractivity (Wildman–Crippen MR) is 124 cm³/mol. The summed E-state index contributed by atoms with van der Waals surface area (Å²) in [5.74, 6) is 4.09. The second-order valence-corrected chi connectivity index (χ2v) is 10.1. The van der Waals surface area contributed by atoms with E-state index in [0.29, 0.717) is 11.1 Å². The zero-order valence-corrected chi connectivity index (χ0v) is 19.2. The Balaban J connectivity index is 2.16. The summed E-state index contributed by atoms with van der Waals surface area (Å²) >= 11 is 0. The monoisotopic (exact) mass is 442 g/mol. The van der Waals surface area contributed by atoms with Crippen LogP contribution in [0.3, 0.4) is 0 Å². The number of hydrogen-bond donors (Lipinski definition) is 2. The molecule has 164 valence electrons. The number of sulfonamides is 1. The van der Waals surface area contributed by atoms with Gasteiger partial charge in [0.1, 0.15) is 5.82 Å². The van der Waals surface area contributed by atoms with Gasteiger partial charge >= 0.3 is 0 Å². The van der Waals surface area contributed by atoms with Gasteiger partial charge in [-0.2, -0.15) is 0 Å². The molecule has 0 aromatic heterocycles. The number of carbonyl (C=O) groups is 1. The highest BCUT2D eigenvalue weighted by Gasteiger charge is 2.17. The topological polar surface area (TPSA) is 75.3 Å². The van der Waals surface area contributed by atoms with E-state index in [0.717, 1.165) is 6.26 Å². The van der Waals surface area contributed by atoms with Crippen molar-refractivity contribution in [1.29, 1.82) is 0 Å². The van der Waals surface area contributed by atoms with Crippen LogP contribution in [0.5, 0.6) is 0 Å². The van der Waals surface area contributed by atoms with Crippen molar-refractivity contribution >= 4 is 27.7 Å². The maximum absolute atomic E-state index is 14.5. The van der Waals surface area contributed by atoms with Gasteiger partial charge in [-0.05, 0) is 47.7 Å². The molecule has 2 rings (SSSR count). The SMILES string of the molecule is C=Cc1cc(C(C)NC(=O)C#Cc2ccc(C(C)(C)C)cc2)cc(F)c1NS(C)(=O)=O. The molecule has 5 nitrogen and oxygen atoms in total. The molecule has 0 aliphatic heterocycles. The Kier molecular flexibility index (Phi) is 7.29. The molecule has 1 atom stereocenters. The first-order valence-electron chi connectivity index (χ1n) is 9.67. The quantitative estimate of drug-likeness (QED) is 0.676. The lowest BCUT2D eigenvalue weighted by Crippen LogP contribution is -2.25. The zero-order chi connectivity index (χ0) is 23.4. The molecule has 0 saturated carbocycles. The largest absolute Gasteiger partial charge is 0.339 e. The minimum absolute atomic E-state index is 0.0325. The smallest absolute Gasteiger partial charge is 0.296 e. The Morgan fingerprint density at radius 3 is 2.32 bits per heavy atom. The third kappa shape index (κ3) is 6.97. The molecule has 1 unspecified atom stereocenters. The Labute approximate surface area is 183 Å². The second-order valence-electron chi connectivity index (χ2n) is 8.32. The van der Waals surface area contributed by atoms with E-state index >= 15 is 0 Å². The van der Waals surface area contributed by atoms with E-state index in [9.17, 15) is 17.6 Å². The van der Waals surface area contributed by atoms with Gasteiger partial charge < -0.3 is 5.32 Å². The first-order valence-corrected chi connectivity index (χ1v) is 11.6. The first-order chi connectivity index (χ1) is 14.3. The van der Waals surface area contributed by atoms with Gasteiger partial charge in [0.2, 0.25) is 10.0 Å². The standard InChI is InChI=1S/C24H27FN2O3S/c1-7-18-14-19(15-21(25)23(18)27-31(6,29)30)16(2)26-22(28)13-10-17-8-11-20(12-9-17)24(3,4)5/h7-9,11-12,14-16,27H,1H2,2-6H3,(H,26,28). The van der Waals surface area contributed by atoms with E-state index in [-0.39, 0.29) is 16.7 Å². The first kappa shape index (κ1) is 24.2. The molecule has 0 fully saturated rings. The number of nitrogens with one attached hydrogen (secondary N) is 2. The summed E-state index contributed by atoms with van der Waals surface area (Å²) in [5, 5.41) is 2.70. The number of carbonyl (C=O) groups excluding carboxylic acids is 1. The molecule has 0 radical (unpaired) electrons. The van der Waals surface area contributed by atoms with Crippen molar-refractivity contribution in [2.24, 2.45) is 0 Å². The van der Waals surface area contributed by atoms with Gasteiger partial charge in [0.15, 0.2) is 0 Å². The highest BCUT2D eigenvalue weighted by molar-refractivity contribution is 7.92. The van der Waals surface area contributed by atoms with Gasteiger partial charge in [0, 0.05) is 17.0 Å². The van der Waals surface area contributed by atoms with E-state index < -0.39 is 27.8 Å². The van der Waals surface area contributed by atoms with Crippen molar-refractivity contribution in [1.82, 2.24) is 5.32 Å². The molecule has 0 heterocycles. The Hall–Kier alpha value is -3.11. The molecule has 2 aromatic rings. The summed E-state index contributed by atoms with van der Waals surface area (Å²) in [4.78, 5) is 12.2. The fourth-order valence-electron chi connectivity index (χ4n) is 2.85. The van der Waals surface area contributed by atoms with Crippen LogP contribution < -0.4 is 10.0 Å². The maximum atomic E-state index is 14.5. The molecule has 0 bridgehead atoms. The van der Waals surface area contributed by atoms with Gasteiger partial charge in [0.25, 0.3) is 5.91 Å². The summed E-state index contributed by atoms with van der Waals surface area (Å²) in [6.07, 6.45) is 2.28. The molecule has 2 aromatic carbocycles. The van der Waals surface area contributed by atoms with Crippen molar-refractivity contribution in [3.63, 3.8) is 0 Å². The summed E-state index contributed by atoms with van der Waals surface area (Å²) in [6.45, 7) is 11.6. The number of amides is 1. The van der Waals surface area contributed by atoms with Crippen molar-refractivity contribution in [2.45, 2.75) is 39.2 Å². The lowest BCUT2D eigenvalue weighted by molar-refractivity contribution is -0.116. The zero-order valence-electron chi connectivity index (χ0n) is 18.3. The molecule has 0 aliphatic rings. The molecule has 0 saturated heterocycles. The average Bonchev–Trinajstić information content (AvgIpc) is 2.66. The van der Waals surface area contributed by atoms with Crippen LogP contribution in [0.25, 0.3) is 6.08 Å². The third-order valence-electron chi connectivity index (χ3n) is 4.57. The van der Waals surface area contributed by atoms with Crippen LogP contribution in [0.15, 0.2) is 43.0 Å². The predicted octanol–water partition coefficient (Wildman–Crippen LogP) is 4.37. The van der Waals surface area contributed by atoms with Gasteiger partial charge in [-0.15, -0.1) is 0 Å². The van der Waals surface area contributed by atoms with Crippen LogP contribution in [-0.2, 0) is 20.2 Å². The Bertz CT molecular complexity index is 1150. The minimum Gasteiger partial charge on any atom is -0.339 e. The number of halogens is 1. The lowest BCUT2D eigenvalue weighted by Gasteiger charge is -2.18. The summed E-state index contributed by atoms with van der Waals surface area (Å²) in [5.41, 5.74) is 2.46. The van der Waals surface area contributed by atoms with Crippen molar-refractivity contribution in [3.05, 3.63) is 71.0 Å². The fraction of sp³-hybridized carbons (Fsp3) is 0.292. The number of anilines is 1. The minimum atomic E-state index is -3.65. The van der Waals surface area contributed by atoms with Crippen molar-refractivity contribution < 1.29 is 17.6 Å². The molecule has 7 heteroatoms. The van der Waals surface area contributed by atoms with Crippen molar-refractivity contribution in [2.75, 3.05) is 11.0 Å². The van der Waals surface area contributed by atoms with Crippen LogP contribution in [0.2, 0.25) is 0 Å². The number of hydrogen-bond acceptors (Lipinski definition) is 3. The van der Waals surface area contributed by atoms with E-state index in [1.807, 2.05) is 24.3 Å². The molecular formula is C24H27FN2O3S. The van der Waals surface area contributed by atoms with Gasteiger partial charge in [-0.1, -0.05) is 51.5 Å². The number of benzene rings is 2. The highest BCUT2D eigenvalue weighted by Crippen LogP contribution is 2.27. The van der Waals surface area contributed by atoms with Crippen molar-refractivity contribution in [3.8, 4) is 11.8 Å². The molecule has 2 N–H and O–H groups in total. The van der Waals surface area contributed by atoms with E-state index in [4.69, 9.17) is 0 Å². The molecule has 0 spiro atoms. The van der Waals surface area contributed by atoms with Crippen LogP contribution in [0.4, 0.5) is 10.1 Å². The molecular weight excluding hydrogens is 415 g/mol. The lowest BCUT2D eigenvalue weighted by atomic mass is 9.87. The molecule has 0 aliphatic carbocycles. The normalized spacial score (nSPS) is 12.3. The average molecular weight is 443 g/mol. The molecule has 31 heavy (non-hydrogen) atoms. The number of rotatable bonds is 5. The molecule has 1 amide bonds. The van der Waals surface area contributed by atoms with E-state index in [1.54, 1.807) is 13.0 Å².